The molecule has 0 amide bonds. The van der Waals surface area contributed by atoms with Crippen molar-refractivity contribution < 1.29 is 17.9 Å². The summed E-state index contributed by atoms with van der Waals surface area (Å²) in [5.41, 5.74) is 4.03. The number of methoxy groups -OCH3 is 1. The number of hydrogen-bond acceptors (Lipinski definition) is 6. The first kappa shape index (κ1) is 18.3. The molecule has 0 aliphatic carbocycles. The number of hydrogen-bond donors (Lipinski definition) is 0. The van der Waals surface area contributed by atoms with Gasteiger partial charge in [0.1, 0.15) is 0 Å². The average Bonchev–Trinajstić information content (AvgIpc) is 3.09. The number of benzene rings is 1. The van der Waals surface area contributed by atoms with Crippen molar-refractivity contribution in [1.82, 2.24) is 24.8 Å². The summed E-state index contributed by atoms with van der Waals surface area (Å²) in [7, 11) is 1.44. The van der Waals surface area contributed by atoms with E-state index in [1.165, 1.54) is 18.2 Å². The fourth-order valence-corrected chi connectivity index (χ4v) is 3.14. The zero-order chi connectivity index (χ0) is 19.7. The van der Waals surface area contributed by atoms with Gasteiger partial charge in [0, 0.05) is 37.6 Å². The fraction of sp³-hybridized carbons (Fsp3) is 0.263. The topological polar surface area (TPSA) is 64.0 Å². The van der Waals surface area contributed by atoms with E-state index >= 15 is 0 Å². The lowest BCUT2D eigenvalue weighted by atomic mass is 10.1. The largest absolute Gasteiger partial charge is 0.467 e. The van der Waals surface area contributed by atoms with E-state index in [0.717, 1.165) is 25.5 Å². The van der Waals surface area contributed by atoms with Gasteiger partial charge in [-0.15, -0.1) is 0 Å². The van der Waals surface area contributed by atoms with Gasteiger partial charge in [-0.05, 0) is 17.2 Å². The van der Waals surface area contributed by atoms with Crippen LogP contribution in [0.25, 0.3) is 11.3 Å². The number of alkyl halides is 3. The fourth-order valence-electron chi connectivity index (χ4n) is 3.14. The van der Waals surface area contributed by atoms with E-state index in [9.17, 15) is 13.2 Å². The minimum absolute atomic E-state index is 0.143. The quantitative estimate of drug-likeness (QED) is 0.683. The summed E-state index contributed by atoms with van der Waals surface area (Å²) in [6.07, 6.45) is -2.38. The molecule has 9 heteroatoms. The molecular formula is C19H16F3N5O. The van der Waals surface area contributed by atoms with E-state index in [1.54, 1.807) is 6.07 Å². The Hall–Kier alpha value is -3.07. The molecule has 0 radical (unpaired) electrons. The van der Waals surface area contributed by atoms with Gasteiger partial charge in [0.2, 0.25) is 5.82 Å². The van der Waals surface area contributed by atoms with Gasteiger partial charge < -0.3 is 4.74 Å². The first-order chi connectivity index (χ1) is 13.4. The molecule has 3 aromatic rings. The van der Waals surface area contributed by atoms with Gasteiger partial charge in [-0.1, -0.05) is 24.3 Å². The molecule has 3 heterocycles. The molecule has 1 aromatic carbocycles. The van der Waals surface area contributed by atoms with Crippen LogP contribution in [0.1, 0.15) is 22.6 Å². The molecule has 0 unspecified atom stereocenters. The average molecular weight is 387 g/mol. The number of rotatable bonds is 4. The van der Waals surface area contributed by atoms with Crippen LogP contribution in [0, 0.1) is 0 Å². The lowest BCUT2D eigenvalue weighted by Crippen LogP contribution is -2.17. The Kier molecular flexibility index (Phi) is 4.68. The number of fused-ring (bicyclic) bond motifs is 1. The minimum Gasteiger partial charge on any atom is -0.467 e. The molecular weight excluding hydrogens is 371 g/mol. The highest BCUT2D eigenvalue weighted by Crippen LogP contribution is 2.28. The highest BCUT2D eigenvalue weighted by atomic mass is 19.4. The molecule has 0 saturated carbocycles. The van der Waals surface area contributed by atoms with E-state index in [4.69, 9.17) is 4.74 Å². The second kappa shape index (κ2) is 7.16. The molecule has 0 spiro atoms. The van der Waals surface area contributed by atoms with E-state index in [-0.39, 0.29) is 6.01 Å². The first-order valence-corrected chi connectivity index (χ1v) is 8.53. The van der Waals surface area contributed by atoms with Crippen molar-refractivity contribution in [3.63, 3.8) is 0 Å². The minimum atomic E-state index is -4.59. The second-order valence-corrected chi connectivity index (χ2v) is 6.44. The molecule has 1 aliphatic heterocycles. The Morgan fingerprint density at radius 2 is 1.68 bits per heavy atom. The van der Waals surface area contributed by atoms with Crippen LogP contribution in [0.5, 0.6) is 6.01 Å². The highest BCUT2D eigenvalue weighted by molar-refractivity contribution is 5.57. The molecule has 0 atom stereocenters. The molecule has 0 bridgehead atoms. The van der Waals surface area contributed by atoms with Crippen LogP contribution in [0.2, 0.25) is 0 Å². The molecule has 0 saturated heterocycles. The Morgan fingerprint density at radius 1 is 1.04 bits per heavy atom. The predicted molar refractivity (Wildman–Crippen MR) is 94.0 cm³/mol. The van der Waals surface area contributed by atoms with Crippen molar-refractivity contribution in [2.75, 3.05) is 7.11 Å². The third-order valence-corrected chi connectivity index (χ3v) is 4.43. The molecule has 6 nitrogen and oxygen atoms in total. The summed E-state index contributed by atoms with van der Waals surface area (Å²) < 4.78 is 43.2. The van der Waals surface area contributed by atoms with E-state index in [0.29, 0.717) is 23.5 Å². The zero-order valence-corrected chi connectivity index (χ0v) is 14.9. The monoisotopic (exact) mass is 387 g/mol. The smallest absolute Gasteiger partial charge is 0.451 e. The summed E-state index contributed by atoms with van der Waals surface area (Å²) in [4.78, 5) is 17.6. The van der Waals surface area contributed by atoms with E-state index in [1.807, 2.05) is 12.1 Å². The number of halogens is 3. The van der Waals surface area contributed by atoms with Gasteiger partial charge >= 0.3 is 12.2 Å². The van der Waals surface area contributed by atoms with Crippen LogP contribution in [-0.2, 0) is 25.8 Å². The SMILES string of the molecule is COc1nc(CN2Cc3ccccc3C2)cc(-c2cnc(C(F)(F)F)nc2)n1. The Labute approximate surface area is 159 Å². The van der Waals surface area contributed by atoms with Gasteiger partial charge in [0.25, 0.3) is 0 Å². The zero-order valence-electron chi connectivity index (χ0n) is 14.9. The maximum Gasteiger partial charge on any atom is 0.451 e. The lowest BCUT2D eigenvalue weighted by molar-refractivity contribution is -0.144. The van der Waals surface area contributed by atoms with Crippen molar-refractivity contribution in [1.29, 1.82) is 0 Å². The lowest BCUT2D eigenvalue weighted by Gasteiger charge is -2.15. The molecule has 144 valence electrons. The maximum absolute atomic E-state index is 12.7. The Morgan fingerprint density at radius 3 is 2.25 bits per heavy atom. The molecule has 28 heavy (non-hydrogen) atoms. The van der Waals surface area contributed by atoms with Crippen LogP contribution in [-0.4, -0.2) is 31.9 Å². The number of ether oxygens (including phenoxy) is 1. The van der Waals surface area contributed by atoms with Crippen molar-refractivity contribution in [3.8, 4) is 17.3 Å². The maximum atomic E-state index is 12.7. The van der Waals surface area contributed by atoms with Crippen LogP contribution in [0.3, 0.4) is 0 Å². The molecule has 0 N–H and O–H groups in total. The summed E-state index contributed by atoms with van der Waals surface area (Å²) in [5, 5.41) is 0. The Balaban J connectivity index is 1.58. The van der Waals surface area contributed by atoms with Gasteiger partial charge in [-0.25, -0.2) is 9.97 Å². The summed E-state index contributed by atoms with van der Waals surface area (Å²) >= 11 is 0. The second-order valence-electron chi connectivity index (χ2n) is 6.44. The van der Waals surface area contributed by atoms with Gasteiger partial charge in [0.05, 0.1) is 18.5 Å². The molecule has 4 rings (SSSR count). The summed E-state index contributed by atoms with van der Waals surface area (Å²) in [5.74, 6) is -1.19. The highest BCUT2D eigenvalue weighted by Gasteiger charge is 2.34. The first-order valence-electron chi connectivity index (χ1n) is 8.53. The number of aromatic nitrogens is 4. The summed E-state index contributed by atoms with van der Waals surface area (Å²) in [6, 6.07) is 10.1. The van der Waals surface area contributed by atoms with Crippen LogP contribution in [0.4, 0.5) is 13.2 Å². The third-order valence-electron chi connectivity index (χ3n) is 4.43. The molecule has 1 aliphatic rings. The molecule has 0 fully saturated rings. The van der Waals surface area contributed by atoms with Gasteiger partial charge in [-0.3, -0.25) is 4.90 Å². The summed E-state index contributed by atoms with van der Waals surface area (Å²) in [6.45, 7) is 2.17. The predicted octanol–water partition coefficient (Wildman–Crippen LogP) is 3.48. The van der Waals surface area contributed by atoms with Crippen molar-refractivity contribution in [2.45, 2.75) is 25.8 Å². The molecule has 2 aromatic heterocycles. The van der Waals surface area contributed by atoms with Gasteiger partial charge in [0.15, 0.2) is 0 Å². The number of nitrogens with zero attached hydrogens (tertiary/aromatic N) is 5. The van der Waals surface area contributed by atoms with Crippen molar-refractivity contribution >= 4 is 0 Å². The van der Waals surface area contributed by atoms with Crippen LogP contribution in [0.15, 0.2) is 42.7 Å². The van der Waals surface area contributed by atoms with Crippen molar-refractivity contribution in [2.24, 2.45) is 0 Å². The normalized spacial score (nSPS) is 14.1. The Bertz CT molecular complexity index is 967. The third kappa shape index (κ3) is 3.79. The van der Waals surface area contributed by atoms with E-state index < -0.39 is 12.0 Å². The standard InChI is InChI=1S/C19H16F3N5O/c1-28-18-25-15(11-27-9-12-4-2-3-5-13(12)10-27)6-16(26-18)14-7-23-17(24-8-14)19(20,21)22/h2-8H,9-11H2,1H3. The van der Waals surface area contributed by atoms with Crippen LogP contribution < -0.4 is 4.74 Å². The van der Waals surface area contributed by atoms with E-state index in [2.05, 4.69) is 37.0 Å². The van der Waals surface area contributed by atoms with Gasteiger partial charge in [-0.2, -0.15) is 23.1 Å². The van der Waals surface area contributed by atoms with Crippen molar-refractivity contribution in [3.05, 3.63) is 65.4 Å². The van der Waals surface area contributed by atoms with Crippen LogP contribution >= 0.6 is 0 Å².